The van der Waals surface area contributed by atoms with Crippen molar-refractivity contribution >= 4 is 29.2 Å². The van der Waals surface area contributed by atoms with Crippen LogP contribution in [0.15, 0.2) is 30.0 Å². The number of ether oxygens (including phenoxy) is 1. The molecule has 8 heteroatoms. The summed E-state index contributed by atoms with van der Waals surface area (Å²) in [6.07, 6.45) is 1.16. The van der Waals surface area contributed by atoms with Gasteiger partial charge in [-0.05, 0) is 31.3 Å². The van der Waals surface area contributed by atoms with Crippen molar-refractivity contribution in [3.63, 3.8) is 0 Å². The van der Waals surface area contributed by atoms with Gasteiger partial charge in [-0.25, -0.2) is 4.79 Å². The van der Waals surface area contributed by atoms with Crippen LogP contribution in [0.1, 0.15) is 17.3 Å². The number of rotatable bonds is 4. The fourth-order valence-electron chi connectivity index (χ4n) is 1.28. The van der Waals surface area contributed by atoms with Crippen LogP contribution in [0.25, 0.3) is 0 Å². The van der Waals surface area contributed by atoms with Gasteiger partial charge in [0.05, 0.1) is 7.11 Å². The highest BCUT2D eigenvalue weighted by Crippen LogP contribution is 2.21. The second-order valence-electron chi connectivity index (χ2n) is 3.98. The maximum absolute atomic E-state index is 11.9. The van der Waals surface area contributed by atoms with Crippen LogP contribution in [0, 0.1) is 0 Å². The van der Waals surface area contributed by atoms with Gasteiger partial charge in [0.15, 0.2) is 5.11 Å². The molecule has 0 saturated carbocycles. The van der Waals surface area contributed by atoms with Gasteiger partial charge in [0.1, 0.15) is 11.5 Å². The first-order valence-corrected chi connectivity index (χ1v) is 6.14. The van der Waals surface area contributed by atoms with Crippen LogP contribution in [0.2, 0.25) is 0 Å². The smallest absolute Gasteiger partial charge is 0.332 e. The van der Waals surface area contributed by atoms with Crippen molar-refractivity contribution in [2.24, 2.45) is 0 Å². The molecule has 0 spiro atoms. The van der Waals surface area contributed by atoms with Gasteiger partial charge >= 0.3 is 5.97 Å². The second-order valence-corrected chi connectivity index (χ2v) is 4.39. The normalized spacial score (nSPS) is 10.7. The summed E-state index contributed by atoms with van der Waals surface area (Å²) >= 11 is 4.85. The highest BCUT2D eigenvalue weighted by molar-refractivity contribution is 7.80. The number of hydrogen-bond acceptors (Lipinski definition) is 5. The molecule has 0 unspecified atom stereocenters. The van der Waals surface area contributed by atoms with Crippen LogP contribution in [-0.2, 0) is 4.79 Å². The van der Waals surface area contributed by atoms with Crippen LogP contribution in [0.5, 0.6) is 11.5 Å². The van der Waals surface area contributed by atoms with Crippen molar-refractivity contribution < 1.29 is 24.5 Å². The van der Waals surface area contributed by atoms with Gasteiger partial charge in [0.25, 0.3) is 5.91 Å². The van der Waals surface area contributed by atoms with Crippen LogP contribution in [0.3, 0.4) is 0 Å². The molecule has 1 aromatic carbocycles. The van der Waals surface area contributed by atoms with Crippen molar-refractivity contribution in [2.45, 2.75) is 6.92 Å². The van der Waals surface area contributed by atoms with Crippen molar-refractivity contribution in [3.8, 4) is 11.5 Å². The van der Waals surface area contributed by atoms with Gasteiger partial charge in [0, 0.05) is 23.4 Å². The Kier molecular flexibility index (Phi) is 5.67. The van der Waals surface area contributed by atoms with E-state index in [0.29, 0.717) is 5.75 Å². The number of carbonyl (C=O) groups is 2. The van der Waals surface area contributed by atoms with Crippen molar-refractivity contribution in [1.82, 2.24) is 10.6 Å². The van der Waals surface area contributed by atoms with Crippen molar-refractivity contribution in [2.75, 3.05) is 7.11 Å². The maximum Gasteiger partial charge on any atom is 0.332 e. The highest BCUT2D eigenvalue weighted by atomic mass is 32.1. The Morgan fingerprint density at radius 1 is 1.33 bits per heavy atom. The molecule has 7 nitrogen and oxygen atoms in total. The first-order valence-electron chi connectivity index (χ1n) is 5.73. The molecule has 112 valence electrons. The molecule has 0 aliphatic rings. The zero-order chi connectivity index (χ0) is 16.0. The summed E-state index contributed by atoms with van der Waals surface area (Å²) in [4.78, 5) is 22.5. The average molecular weight is 310 g/mol. The lowest BCUT2D eigenvalue weighted by molar-refractivity contribution is -0.132. The van der Waals surface area contributed by atoms with Gasteiger partial charge in [-0.15, -0.1) is 0 Å². The Hall–Kier alpha value is -2.61. The molecule has 1 aromatic rings. The number of thiocarbonyl (C=S) groups is 1. The van der Waals surface area contributed by atoms with Crippen molar-refractivity contribution in [3.05, 3.63) is 35.5 Å². The largest absolute Gasteiger partial charge is 0.508 e. The van der Waals surface area contributed by atoms with Gasteiger partial charge in [0.2, 0.25) is 0 Å². The standard InChI is InChI=1S/C13H14N2O5S/c1-7(12(18)19)6-14-13(21)15-11(17)8-3-9(16)5-10(4-8)20-2/h3-6,16H,1-2H3,(H,18,19)(H2,14,15,17,21)/b7-6+. The predicted molar refractivity (Wildman–Crippen MR) is 79.3 cm³/mol. The molecule has 0 bridgehead atoms. The Morgan fingerprint density at radius 3 is 2.57 bits per heavy atom. The number of nitrogens with one attached hydrogen (secondary N) is 2. The van der Waals surface area contributed by atoms with E-state index >= 15 is 0 Å². The van der Waals surface area contributed by atoms with E-state index in [1.807, 2.05) is 0 Å². The first-order chi connectivity index (χ1) is 9.83. The van der Waals surface area contributed by atoms with Crippen LogP contribution in [0.4, 0.5) is 0 Å². The average Bonchev–Trinajstić information content (AvgIpc) is 2.43. The van der Waals surface area contributed by atoms with Crippen LogP contribution >= 0.6 is 12.2 Å². The number of benzene rings is 1. The lowest BCUT2D eigenvalue weighted by atomic mass is 10.2. The number of phenols is 1. The summed E-state index contributed by atoms with van der Waals surface area (Å²) in [6, 6.07) is 4.03. The Labute approximate surface area is 126 Å². The third-order valence-corrected chi connectivity index (χ3v) is 2.59. The number of methoxy groups -OCH3 is 1. The second kappa shape index (κ2) is 7.25. The molecule has 0 heterocycles. The SMILES string of the molecule is COc1cc(O)cc(C(=O)NC(=S)N/C=C(\C)C(=O)O)c1. The monoisotopic (exact) mass is 310 g/mol. The number of aliphatic carboxylic acids is 1. The molecule has 0 atom stereocenters. The number of carbonyl (C=O) groups excluding carboxylic acids is 1. The van der Waals surface area contributed by atoms with Gasteiger partial charge in [-0.1, -0.05) is 0 Å². The van der Waals surface area contributed by atoms with E-state index in [0.717, 1.165) is 6.20 Å². The predicted octanol–water partition coefficient (Wildman–Crippen LogP) is 0.994. The lowest BCUT2D eigenvalue weighted by Gasteiger charge is -2.08. The van der Waals surface area contributed by atoms with Gasteiger partial charge < -0.3 is 20.3 Å². The molecule has 4 N–H and O–H groups in total. The zero-order valence-electron chi connectivity index (χ0n) is 11.3. The zero-order valence-corrected chi connectivity index (χ0v) is 12.2. The molecule has 0 fully saturated rings. The fraction of sp³-hybridized carbons (Fsp3) is 0.154. The number of amides is 1. The lowest BCUT2D eigenvalue weighted by Crippen LogP contribution is -2.37. The third-order valence-electron chi connectivity index (χ3n) is 2.37. The molecule has 0 aliphatic carbocycles. The maximum atomic E-state index is 11.9. The highest BCUT2D eigenvalue weighted by Gasteiger charge is 2.10. The summed E-state index contributed by atoms with van der Waals surface area (Å²) in [6.45, 7) is 1.37. The Bertz CT molecular complexity index is 613. The van der Waals surface area contributed by atoms with E-state index in [4.69, 9.17) is 22.1 Å². The van der Waals surface area contributed by atoms with E-state index in [9.17, 15) is 14.7 Å². The molecular weight excluding hydrogens is 296 g/mol. The van der Waals surface area contributed by atoms with E-state index in [1.165, 1.54) is 32.2 Å². The molecule has 0 aliphatic heterocycles. The van der Waals surface area contributed by atoms with Crippen LogP contribution < -0.4 is 15.4 Å². The first kappa shape index (κ1) is 16.4. The fourth-order valence-corrected chi connectivity index (χ4v) is 1.43. The molecular formula is C13H14N2O5S. The minimum absolute atomic E-state index is 0.0330. The summed E-state index contributed by atoms with van der Waals surface area (Å²) in [5.74, 6) is -1.47. The van der Waals surface area contributed by atoms with E-state index < -0.39 is 11.9 Å². The summed E-state index contributed by atoms with van der Waals surface area (Å²) < 4.78 is 4.93. The van der Waals surface area contributed by atoms with Crippen LogP contribution in [-0.4, -0.2) is 34.3 Å². The summed E-state index contributed by atoms with van der Waals surface area (Å²) in [5, 5.41) is 22.9. The van der Waals surface area contributed by atoms with Gasteiger partial charge in [-0.2, -0.15) is 0 Å². The summed E-state index contributed by atoms with van der Waals surface area (Å²) in [7, 11) is 1.40. The number of phenolic OH excluding ortho intramolecular Hbond substituents is 1. The van der Waals surface area contributed by atoms with E-state index in [2.05, 4.69) is 10.6 Å². The molecule has 21 heavy (non-hydrogen) atoms. The topological polar surface area (TPSA) is 108 Å². The quantitative estimate of drug-likeness (QED) is 0.485. The minimum atomic E-state index is -1.10. The molecule has 1 amide bonds. The van der Waals surface area contributed by atoms with Crippen molar-refractivity contribution in [1.29, 1.82) is 0 Å². The van der Waals surface area contributed by atoms with E-state index in [1.54, 1.807) is 0 Å². The molecule has 0 saturated heterocycles. The third kappa shape index (κ3) is 5.11. The number of hydrogen-bond donors (Lipinski definition) is 4. The Morgan fingerprint density at radius 2 is 2.00 bits per heavy atom. The molecule has 0 aromatic heterocycles. The number of carboxylic acid groups (broad SMARTS) is 1. The van der Waals surface area contributed by atoms with Gasteiger partial charge in [-0.3, -0.25) is 10.1 Å². The molecule has 0 radical (unpaired) electrons. The van der Waals surface area contributed by atoms with E-state index in [-0.39, 0.29) is 22.0 Å². The minimum Gasteiger partial charge on any atom is -0.508 e. The molecule has 1 rings (SSSR count). The number of carboxylic acids is 1. The number of aromatic hydroxyl groups is 1. The summed E-state index contributed by atoms with van der Waals surface area (Å²) in [5.41, 5.74) is 0.181. The Balaban J connectivity index is 2.73.